The van der Waals surface area contributed by atoms with Crippen LogP contribution in [0, 0.1) is 0 Å². The predicted octanol–water partition coefficient (Wildman–Crippen LogP) is 3.53. The number of carbonyl (C=O) groups is 2. The average Bonchev–Trinajstić information content (AvgIpc) is 3.00. The number of aryl methyl sites for hydroxylation is 1. The lowest BCUT2D eigenvalue weighted by Gasteiger charge is -2.31. The van der Waals surface area contributed by atoms with Gasteiger partial charge < -0.3 is 20.3 Å². The van der Waals surface area contributed by atoms with Gasteiger partial charge in [0.25, 0.3) is 0 Å². The fourth-order valence-electron chi connectivity index (χ4n) is 4.74. The van der Waals surface area contributed by atoms with Gasteiger partial charge >= 0.3 is 6.03 Å². The molecule has 0 aliphatic carbocycles. The lowest BCUT2D eigenvalue weighted by molar-refractivity contribution is -0.123. The Hall–Kier alpha value is -3.34. The number of nitrogens with zero attached hydrogens (tertiary/aromatic N) is 1. The Bertz CT molecular complexity index is 1350. The van der Waals surface area contributed by atoms with Crippen LogP contribution in [0.2, 0.25) is 0 Å². The van der Waals surface area contributed by atoms with Gasteiger partial charge in [0.1, 0.15) is 6.04 Å². The van der Waals surface area contributed by atoms with Gasteiger partial charge in [-0.15, -0.1) is 0 Å². The molecule has 0 aromatic heterocycles. The number of carbonyl (C=O) groups excluding carboxylic acids is 2. The van der Waals surface area contributed by atoms with Crippen LogP contribution < -0.4 is 10.6 Å². The van der Waals surface area contributed by atoms with Crippen LogP contribution in [0.1, 0.15) is 17.5 Å². The van der Waals surface area contributed by atoms with Crippen molar-refractivity contribution in [3.8, 4) is 0 Å². The molecular formula is C31H37N3O5S2. The lowest BCUT2D eigenvalue weighted by atomic mass is 10.0. The normalized spacial score (nSPS) is 15.9. The Morgan fingerprint density at radius 1 is 0.829 bits per heavy atom. The first-order chi connectivity index (χ1) is 19.8. The zero-order valence-electron chi connectivity index (χ0n) is 22.9. The maximum atomic E-state index is 13.8. The van der Waals surface area contributed by atoms with E-state index in [0.29, 0.717) is 39.1 Å². The molecule has 3 amide bonds. The minimum Gasteiger partial charge on any atom is -0.378 e. The van der Waals surface area contributed by atoms with E-state index in [-0.39, 0.29) is 29.0 Å². The number of urea groups is 1. The van der Waals surface area contributed by atoms with Crippen LogP contribution in [0.3, 0.4) is 0 Å². The molecule has 3 aromatic rings. The number of nitrogens with one attached hydrogen (secondary N) is 2. The quantitative estimate of drug-likeness (QED) is 0.278. The van der Waals surface area contributed by atoms with E-state index in [0.717, 1.165) is 11.1 Å². The largest absolute Gasteiger partial charge is 0.378 e. The lowest BCUT2D eigenvalue weighted by Crippen LogP contribution is -2.56. The molecule has 1 aliphatic heterocycles. The van der Waals surface area contributed by atoms with Crippen molar-refractivity contribution in [1.82, 2.24) is 15.5 Å². The molecule has 2 N–H and O–H groups in total. The molecule has 0 spiro atoms. The number of amides is 3. The molecule has 41 heavy (non-hydrogen) atoms. The first-order valence-corrected chi connectivity index (χ1v) is 16.0. The summed E-state index contributed by atoms with van der Waals surface area (Å²) in [6, 6.07) is 25.8. The van der Waals surface area contributed by atoms with Crippen molar-refractivity contribution >= 4 is 34.4 Å². The zero-order valence-corrected chi connectivity index (χ0v) is 24.6. The summed E-state index contributed by atoms with van der Waals surface area (Å²) in [6.07, 6.45) is 1.38. The number of rotatable bonds is 12. The summed E-state index contributed by atoms with van der Waals surface area (Å²) in [4.78, 5) is 28.7. The van der Waals surface area contributed by atoms with E-state index in [9.17, 15) is 18.0 Å². The SMILES string of the molecule is O=C(N[C@@H](CCc1ccccc1)[C@H](S)CS(=O)(=O)c1ccccc1)[C@H](Cc1ccccc1)NC(=O)N1CCOCC1. The zero-order chi connectivity index (χ0) is 29.1. The first-order valence-electron chi connectivity index (χ1n) is 13.8. The molecule has 4 rings (SSSR count). The summed E-state index contributed by atoms with van der Waals surface area (Å²) in [5.74, 6) is -0.631. The molecule has 3 atom stereocenters. The average molecular weight is 596 g/mol. The van der Waals surface area contributed by atoms with Gasteiger partial charge in [0, 0.05) is 30.8 Å². The van der Waals surface area contributed by atoms with Gasteiger partial charge in [0.2, 0.25) is 5.91 Å². The topological polar surface area (TPSA) is 105 Å². The van der Waals surface area contributed by atoms with Crippen molar-refractivity contribution in [3.63, 3.8) is 0 Å². The standard InChI is InChI=1S/C31H37N3O5S2/c35-30(28(22-25-12-6-2-7-13-25)33-31(36)34-18-20-39-21-19-34)32-27(17-16-24-10-4-1-5-11-24)29(40)23-41(37,38)26-14-8-3-9-15-26/h1-15,27-29,40H,16-23H2,(H,32,35)(H,33,36)/t27-,28-,29+/m0/s1. The van der Waals surface area contributed by atoms with Crippen molar-refractivity contribution in [1.29, 1.82) is 0 Å². The fourth-order valence-corrected chi connectivity index (χ4v) is 7.00. The van der Waals surface area contributed by atoms with E-state index >= 15 is 0 Å². The molecule has 0 bridgehead atoms. The smallest absolute Gasteiger partial charge is 0.318 e. The second-order valence-corrected chi connectivity index (χ2v) is 12.8. The third-order valence-electron chi connectivity index (χ3n) is 7.07. The molecule has 218 valence electrons. The maximum absolute atomic E-state index is 13.8. The van der Waals surface area contributed by atoms with Gasteiger partial charge in [0.05, 0.1) is 23.9 Å². The molecule has 1 aliphatic rings. The van der Waals surface area contributed by atoms with Crippen LogP contribution in [0.25, 0.3) is 0 Å². The van der Waals surface area contributed by atoms with Crippen LogP contribution in [0.15, 0.2) is 95.9 Å². The van der Waals surface area contributed by atoms with Crippen molar-refractivity contribution in [2.24, 2.45) is 0 Å². The fraction of sp³-hybridized carbons (Fsp3) is 0.355. The van der Waals surface area contributed by atoms with Crippen LogP contribution in [0.5, 0.6) is 0 Å². The summed E-state index contributed by atoms with van der Waals surface area (Å²) in [5, 5.41) is 5.28. The number of ether oxygens (including phenoxy) is 1. The molecule has 3 aromatic carbocycles. The Morgan fingerprint density at radius 3 is 2.00 bits per heavy atom. The van der Waals surface area contributed by atoms with E-state index in [1.54, 1.807) is 35.2 Å². The van der Waals surface area contributed by atoms with E-state index < -0.39 is 27.2 Å². The van der Waals surface area contributed by atoms with Crippen molar-refractivity contribution in [3.05, 3.63) is 102 Å². The van der Waals surface area contributed by atoms with E-state index in [1.807, 2.05) is 60.7 Å². The highest BCUT2D eigenvalue weighted by atomic mass is 32.2. The van der Waals surface area contributed by atoms with Crippen LogP contribution >= 0.6 is 12.6 Å². The van der Waals surface area contributed by atoms with Crippen molar-refractivity contribution in [2.45, 2.75) is 41.5 Å². The number of thiol groups is 1. The Labute approximate surface area is 247 Å². The molecule has 1 fully saturated rings. The van der Waals surface area contributed by atoms with Gasteiger partial charge in [-0.25, -0.2) is 13.2 Å². The van der Waals surface area contributed by atoms with Crippen LogP contribution in [-0.2, 0) is 32.2 Å². The summed E-state index contributed by atoms with van der Waals surface area (Å²) < 4.78 is 31.7. The van der Waals surface area contributed by atoms with Crippen LogP contribution in [0.4, 0.5) is 4.79 Å². The second-order valence-electron chi connectivity index (χ2n) is 10.1. The number of sulfone groups is 1. The molecule has 0 radical (unpaired) electrons. The molecule has 1 heterocycles. The molecule has 0 saturated carbocycles. The van der Waals surface area contributed by atoms with E-state index in [1.165, 1.54) is 0 Å². The third kappa shape index (κ3) is 9.34. The molecule has 1 saturated heterocycles. The van der Waals surface area contributed by atoms with Gasteiger partial charge in [-0.3, -0.25) is 4.79 Å². The summed E-state index contributed by atoms with van der Waals surface area (Å²) in [5.41, 5.74) is 1.96. The highest BCUT2D eigenvalue weighted by Crippen LogP contribution is 2.19. The van der Waals surface area contributed by atoms with Gasteiger partial charge in [0.15, 0.2) is 9.84 Å². The minimum absolute atomic E-state index is 0.215. The van der Waals surface area contributed by atoms with Crippen molar-refractivity contribution in [2.75, 3.05) is 32.1 Å². The van der Waals surface area contributed by atoms with Crippen LogP contribution in [-0.4, -0.2) is 74.6 Å². The van der Waals surface area contributed by atoms with E-state index in [2.05, 4.69) is 10.6 Å². The predicted molar refractivity (Wildman–Crippen MR) is 163 cm³/mol. The highest BCUT2D eigenvalue weighted by molar-refractivity contribution is 7.92. The first kappa shape index (κ1) is 30.6. The Balaban J connectivity index is 1.53. The maximum Gasteiger partial charge on any atom is 0.318 e. The molecular weight excluding hydrogens is 558 g/mol. The summed E-state index contributed by atoms with van der Waals surface area (Å²) in [7, 11) is -3.64. The van der Waals surface area contributed by atoms with Gasteiger partial charge in [-0.2, -0.15) is 12.6 Å². The van der Waals surface area contributed by atoms with Crippen molar-refractivity contribution < 1.29 is 22.7 Å². The van der Waals surface area contributed by atoms with Gasteiger partial charge in [-0.1, -0.05) is 78.9 Å². The highest BCUT2D eigenvalue weighted by Gasteiger charge is 2.31. The molecule has 0 unspecified atom stereocenters. The molecule has 8 nitrogen and oxygen atoms in total. The second kappa shape index (κ2) is 15.0. The summed E-state index contributed by atoms with van der Waals surface area (Å²) in [6.45, 7) is 1.78. The monoisotopic (exact) mass is 595 g/mol. The minimum atomic E-state index is -3.64. The molecule has 10 heteroatoms. The Morgan fingerprint density at radius 2 is 1.39 bits per heavy atom. The Kier molecular flexibility index (Phi) is 11.2. The number of benzene rings is 3. The van der Waals surface area contributed by atoms with E-state index in [4.69, 9.17) is 17.4 Å². The summed E-state index contributed by atoms with van der Waals surface area (Å²) >= 11 is 4.71. The number of hydrogen-bond acceptors (Lipinski definition) is 6. The number of morpholine rings is 1. The van der Waals surface area contributed by atoms with Gasteiger partial charge in [-0.05, 0) is 36.1 Å². The third-order valence-corrected chi connectivity index (χ3v) is 9.64. The number of hydrogen-bond donors (Lipinski definition) is 3.